The smallest absolute Gasteiger partial charge is 0.0964 e. The molecule has 92 valence electrons. The fraction of sp³-hybridized carbons (Fsp3) is 0.818. The summed E-state index contributed by atoms with van der Waals surface area (Å²) in [4.78, 5) is 0. The highest BCUT2D eigenvalue weighted by molar-refractivity contribution is 4.90. The van der Waals surface area contributed by atoms with Crippen molar-refractivity contribution in [2.24, 2.45) is 7.05 Å². The zero-order valence-corrected chi connectivity index (χ0v) is 10.3. The Labute approximate surface area is 97.2 Å². The van der Waals surface area contributed by atoms with E-state index in [4.69, 9.17) is 4.74 Å². The van der Waals surface area contributed by atoms with Crippen LogP contribution >= 0.6 is 0 Å². The van der Waals surface area contributed by atoms with Crippen LogP contribution in [0.2, 0.25) is 0 Å². The monoisotopic (exact) mass is 226 g/mol. The van der Waals surface area contributed by atoms with Crippen molar-refractivity contribution in [1.82, 2.24) is 20.3 Å². The van der Waals surface area contributed by atoms with Gasteiger partial charge in [0.15, 0.2) is 0 Å². The Kier molecular flexibility index (Phi) is 6.76. The summed E-state index contributed by atoms with van der Waals surface area (Å²) in [6.07, 6.45) is 5.33. The molecule has 1 aromatic heterocycles. The van der Waals surface area contributed by atoms with Gasteiger partial charge in [-0.1, -0.05) is 18.6 Å². The summed E-state index contributed by atoms with van der Waals surface area (Å²) < 4.78 is 7.17. The Hall–Kier alpha value is -0.940. The molecule has 0 fully saturated rings. The summed E-state index contributed by atoms with van der Waals surface area (Å²) in [6.45, 7) is 5.64. The Morgan fingerprint density at radius 2 is 2.19 bits per heavy atom. The van der Waals surface area contributed by atoms with E-state index < -0.39 is 0 Å². The van der Waals surface area contributed by atoms with E-state index in [0.29, 0.717) is 0 Å². The van der Waals surface area contributed by atoms with Crippen LogP contribution in [0.5, 0.6) is 0 Å². The molecule has 0 unspecified atom stereocenters. The fourth-order valence-electron chi connectivity index (χ4n) is 1.34. The van der Waals surface area contributed by atoms with Gasteiger partial charge in [0.2, 0.25) is 0 Å². The molecule has 0 atom stereocenters. The van der Waals surface area contributed by atoms with Crippen molar-refractivity contribution in [2.45, 2.75) is 32.7 Å². The molecule has 1 rings (SSSR count). The molecule has 0 saturated carbocycles. The number of ether oxygens (including phenoxy) is 1. The Morgan fingerprint density at radius 1 is 1.38 bits per heavy atom. The average molecular weight is 226 g/mol. The Bertz CT molecular complexity index is 275. The lowest BCUT2D eigenvalue weighted by Gasteiger charge is -2.03. The second kappa shape index (κ2) is 8.24. The topological polar surface area (TPSA) is 52.0 Å². The number of aromatic nitrogens is 3. The number of hydrogen-bond acceptors (Lipinski definition) is 4. The average Bonchev–Trinajstić information content (AvgIpc) is 2.68. The Balaban J connectivity index is 1.88. The van der Waals surface area contributed by atoms with Crippen LogP contribution in [0.3, 0.4) is 0 Å². The maximum atomic E-state index is 5.46. The van der Waals surface area contributed by atoms with E-state index in [0.717, 1.165) is 44.8 Å². The van der Waals surface area contributed by atoms with Crippen molar-refractivity contribution in [3.05, 3.63) is 11.9 Å². The molecule has 0 spiro atoms. The van der Waals surface area contributed by atoms with Crippen LogP contribution in [-0.2, 0) is 18.3 Å². The van der Waals surface area contributed by atoms with Crippen molar-refractivity contribution in [1.29, 1.82) is 0 Å². The summed E-state index contributed by atoms with van der Waals surface area (Å²) in [6, 6.07) is 0. The molecule has 0 aliphatic carbocycles. The van der Waals surface area contributed by atoms with E-state index in [2.05, 4.69) is 22.6 Å². The minimum Gasteiger partial charge on any atom is -0.381 e. The van der Waals surface area contributed by atoms with Crippen LogP contribution in [0, 0.1) is 0 Å². The van der Waals surface area contributed by atoms with Gasteiger partial charge in [-0.2, -0.15) is 0 Å². The molecule has 0 radical (unpaired) electrons. The second-order valence-corrected chi connectivity index (χ2v) is 3.88. The van der Waals surface area contributed by atoms with Crippen LogP contribution < -0.4 is 5.32 Å². The fourth-order valence-corrected chi connectivity index (χ4v) is 1.34. The first-order valence-electron chi connectivity index (χ1n) is 5.96. The van der Waals surface area contributed by atoms with Crippen molar-refractivity contribution < 1.29 is 4.74 Å². The van der Waals surface area contributed by atoms with Gasteiger partial charge in [0.1, 0.15) is 0 Å². The van der Waals surface area contributed by atoms with E-state index in [-0.39, 0.29) is 0 Å². The molecule has 16 heavy (non-hydrogen) atoms. The van der Waals surface area contributed by atoms with Gasteiger partial charge in [-0.15, -0.1) is 5.10 Å². The molecule has 5 nitrogen and oxygen atoms in total. The quantitative estimate of drug-likeness (QED) is 0.641. The van der Waals surface area contributed by atoms with Crippen molar-refractivity contribution in [3.63, 3.8) is 0 Å². The highest BCUT2D eigenvalue weighted by Gasteiger charge is 1.96. The Morgan fingerprint density at radius 3 is 2.88 bits per heavy atom. The molecule has 5 heteroatoms. The summed E-state index contributed by atoms with van der Waals surface area (Å²) in [5, 5.41) is 11.2. The van der Waals surface area contributed by atoms with Crippen molar-refractivity contribution >= 4 is 0 Å². The highest BCUT2D eigenvalue weighted by Crippen LogP contribution is 1.91. The van der Waals surface area contributed by atoms with Gasteiger partial charge in [0.05, 0.1) is 5.69 Å². The summed E-state index contributed by atoms with van der Waals surface area (Å²) in [5.74, 6) is 0. The van der Waals surface area contributed by atoms with Crippen molar-refractivity contribution in [2.75, 3.05) is 19.8 Å². The van der Waals surface area contributed by atoms with Gasteiger partial charge >= 0.3 is 0 Å². The molecule has 0 aliphatic rings. The van der Waals surface area contributed by atoms with Crippen LogP contribution in [0.15, 0.2) is 6.20 Å². The third-order valence-electron chi connectivity index (χ3n) is 2.24. The minimum absolute atomic E-state index is 0.781. The lowest BCUT2D eigenvalue weighted by Crippen LogP contribution is -2.16. The largest absolute Gasteiger partial charge is 0.381 e. The normalized spacial score (nSPS) is 10.9. The molecular formula is C11H22N4O. The first-order valence-corrected chi connectivity index (χ1v) is 5.96. The third-order valence-corrected chi connectivity index (χ3v) is 2.24. The zero-order chi connectivity index (χ0) is 11.6. The van der Waals surface area contributed by atoms with Gasteiger partial charge in [0.25, 0.3) is 0 Å². The standard InChI is InChI=1S/C11H22N4O/c1-3-4-7-16-8-5-6-12-9-11-10-15(2)14-13-11/h10,12H,3-9H2,1-2H3. The van der Waals surface area contributed by atoms with Crippen LogP contribution in [0.4, 0.5) is 0 Å². The maximum Gasteiger partial charge on any atom is 0.0964 e. The molecule has 0 aliphatic heterocycles. The SMILES string of the molecule is CCCCOCCCNCc1cn(C)nn1. The molecule has 0 saturated heterocycles. The molecule has 1 aromatic rings. The van der Waals surface area contributed by atoms with E-state index in [1.807, 2.05) is 13.2 Å². The zero-order valence-electron chi connectivity index (χ0n) is 10.3. The number of nitrogens with zero attached hydrogens (tertiary/aromatic N) is 3. The van der Waals surface area contributed by atoms with E-state index >= 15 is 0 Å². The summed E-state index contributed by atoms with van der Waals surface area (Å²) >= 11 is 0. The lowest BCUT2D eigenvalue weighted by molar-refractivity contribution is 0.128. The van der Waals surface area contributed by atoms with Gasteiger partial charge in [-0.25, -0.2) is 0 Å². The number of hydrogen-bond donors (Lipinski definition) is 1. The predicted octanol–water partition coefficient (Wildman–Crippen LogP) is 1.11. The lowest BCUT2D eigenvalue weighted by atomic mass is 10.3. The second-order valence-electron chi connectivity index (χ2n) is 3.88. The molecule has 0 amide bonds. The maximum absolute atomic E-state index is 5.46. The number of rotatable bonds is 9. The molecular weight excluding hydrogens is 204 g/mol. The van der Waals surface area contributed by atoms with E-state index in [1.165, 1.54) is 6.42 Å². The minimum atomic E-state index is 0.781. The number of nitrogens with one attached hydrogen (secondary N) is 1. The van der Waals surface area contributed by atoms with E-state index in [9.17, 15) is 0 Å². The molecule has 0 bridgehead atoms. The number of unbranched alkanes of at least 4 members (excludes halogenated alkanes) is 1. The van der Waals surface area contributed by atoms with Crippen LogP contribution in [-0.4, -0.2) is 34.8 Å². The van der Waals surface area contributed by atoms with Gasteiger partial charge in [-0.3, -0.25) is 4.68 Å². The van der Waals surface area contributed by atoms with Crippen molar-refractivity contribution in [3.8, 4) is 0 Å². The number of aryl methyl sites for hydroxylation is 1. The first kappa shape index (κ1) is 13.1. The predicted molar refractivity (Wildman–Crippen MR) is 63.1 cm³/mol. The molecule has 1 N–H and O–H groups in total. The van der Waals surface area contributed by atoms with Gasteiger partial charge in [-0.05, 0) is 19.4 Å². The van der Waals surface area contributed by atoms with Crippen LogP contribution in [0.25, 0.3) is 0 Å². The van der Waals surface area contributed by atoms with Crippen LogP contribution in [0.1, 0.15) is 31.9 Å². The molecule has 0 aromatic carbocycles. The third kappa shape index (κ3) is 5.82. The van der Waals surface area contributed by atoms with Gasteiger partial charge in [0, 0.05) is 33.0 Å². The molecule has 1 heterocycles. The van der Waals surface area contributed by atoms with Gasteiger partial charge < -0.3 is 10.1 Å². The highest BCUT2D eigenvalue weighted by atomic mass is 16.5. The first-order chi connectivity index (χ1) is 7.83. The summed E-state index contributed by atoms with van der Waals surface area (Å²) in [5.41, 5.74) is 0.981. The summed E-state index contributed by atoms with van der Waals surface area (Å²) in [7, 11) is 1.87. The van der Waals surface area contributed by atoms with E-state index in [1.54, 1.807) is 4.68 Å².